The molecule has 1 amide bonds. The molecule has 2 aromatic carbocycles. The van der Waals surface area contributed by atoms with Crippen LogP contribution in [0.2, 0.25) is 5.02 Å². The zero-order valence-electron chi connectivity index (χ0n) is 15.7. The van der Waals surface area contributed by atoms with Gasteiger partial charge in [0.05, 0.1) is 28.3 Å². The Morgan fingerprint density at radius 3 is 2.25 bits per heavy atom. The van der Waals surface area contributed by atoms with E-state index in [9.17, 15) is 13.2 Å². The molecule has 1 fully saturated rings. The first-order valence-electron chi connectivity index (χ1n) is 9.16. The van der Waals surface area contributed by atoms with E-state index in [4.69, 9.17) is 16.3 Å². The van der Waals surface area contributed by atoms with Crippen molar-refractivity contribution in [1.82, 2.24) is 4.90 Å². The van der Waals surface area contributed by atoms with E-state index in [-0.39, 0.29) is 15.8 Å². The van der Waals surface area contributed by atoms with Crippen LogP contribution >= 0.6 is 11.6 Å². The summed E-state index contributed by atoms with van der Waals surface area (Å²) >= 11 is 6.30. The molecule has 1 saturated heterocycles. The Kier molecular flexibility index (Phi) is 6.46. The molecule has 1 aliphatic rings. The molecule has 0 aromatic heterocycles. The molecule has 0 bridgehead atoms. The van der Waals surface area contributed by atoms with Crippen LogP contribution in [0, 0.1) is 0 Å². The van der Waals surface area contributed by atoms with Gasteiger partial charge in [-0.2, -0.15) is 0 Å². The van der Waals surface area contributed by atoms with Crippen LogP contribution < -0.4 is 9.46 Å². The highest BCUT2D eigenvalue weighted by molar-refractivity contribution is 7.92. The van der Waals surface area contributed by atoms with Crippen LogP contribution in [-0.4, -0.2) is 39.4 Å². The minimum Gasteiger partial charge on any atom is -0.497 e. The molecule has 0 radical (unpaired) electrons. The molecule has 6 nitrogen and oxygen atoms in total. The van der Waals surface area contributed by atoms with Crippen molar-refractivity contribution >= 4 is 33.2 Å². The Bertz CT molecular complexity index is 937. The number of hydrogen-bond donors (Lipinski definition) is 1. The average molecular weight is 423 g/mol. The summed E-state index contributed by atoms with van der Waals surface area (Å²) < 4.78 is 32.6. The zero-order valence-corrected chi connectivity index (χ0v) is 17.2. The first kappa shape index (κ1) is 20.5. The predicted molar refractivity (Wildman–Crippen MR) is 110 cm³/mol. The Morgan fingerprint density at radius 2 is 1.68 bits per heavy atom. The standard InChI is InChI=1S/C20H23ClN2O4S/c1-27-16-7-9-17(10-8-16)28(25,26)22-15-6-11-18(19(21)14-15)20(24)23-12-4-2-3-5-13-23/h6-11,14,22H,2-5,12-13H2,1H3. The van der Waals surface area contributed by atoms with Gasteiger partial charge in [-0.25, -0.2) is 8.42 Å². The molecular formula is C20H23ClN2O4S. The van der Waals surface area contributed by atoms with Crippen molar-refractivity contribution < 1.29 is 17.9 Å². The fourth-order valence-corrected chi connectivity index (χ4v) is 4.48. The summed E-state index contributed by atoms with van der Waals surface area (Å²) in [6.07, 6.45) is 4.24. The fourth-order valence-electron chi connectivity index (χ4n) is 3.17. The van der Waals surface area contributed by atoms with E-state index < -0.39 is 10.0 Å². The van der Waals surface area contributed by atoms with Crippen LogP contribution in [0.1, 0.15) is 36.0 Å². The van der Waals surface area contributed by atoms with E-state index in [1.807, 2.05) is 4.90 Å². The van der Waals surface area contributed by atoms with E-state index in [0.717, 1.165) is 38.8 Å². The van der Waals surface area contributed by atoms with E-state index in [1.165, 1.54) is 25.3 Å². The molecule has 0 saturated carbocycles. The van der Waals surface area contributed by atoms with Gasteiger partial charge in [-0.1, -0.05) is 24.4 Å². The summed E-state index contributed by atoms with van der Waals surface area (Å²) in [7, 11) is -2.26. The largest absolute Gasteiger partial charge is 0.497 e. The lowest BCUT2D eigenvalue weighted by Crippen LogP contribution is -2.32. The topological polar surface area (TPSA) is 75.7 Å². The number of rotatable bonds is 5. The Labute approximate surface area is 170 Å². The van der Waals surface area contributed by atoms with Gasteiger partial charge in [0.2, 0.25) is 0 Å². The third-order valence-electron chi connectivity index (χ3n) is 4.71. The normalized spacial score (nSPS) is 15.0. The highest BCUT2D eigenvalue weighted by Crippen LogP contribution is 2.26. The minimum atomic E-state index is -3.77. The number of benzene rings is 2. The van der Waals surface area contributed by atoms with Gasteiger partial charge < -0.3 is 9.64 Å². The summed E-state index contributed by atoms with van der Waals surface area (Å²) in [5.74, 6) is 0.454. The smallest absolute Gasteiger partial charge is 0.261 e. The SMILES string of the molecule is COc1ccc(S(=O)(=O)Nc2ccc(C(=O)N3CCCCCC3)c(Cl)c2)cc1. The predicted octanol–water partition coefficient (Wildman–Crippen LogP) is 4.17. The first-order chi connectivity index (χ1) is 13.4. The highest BCUT2D eigenvalue weighted by Gasteiger charge is 2.21. The Morgan fingerprint density at radius 1 is 1.04 bits per heavy atom. The van der Waals surface area contributed by atoms with Crippen LogP contribution in [0.5, 0.6) is 5.75 Å². The second-order valence-electron chi connectivity index (χ2n) is 6.68. The van der Waals surface area contributed by atoms with Crippen molar-refractivity contribution in [1.29, 1.82) is 0 Å². The molecule has 0 atom stereocenters. The van der Waals surface area contributed by atoms with Crippen molar-refractivity contribution in [2.45, 2.75) is 30.6 Å². The average Bonchev–Trinajstić information content (AvgIpc) is 2.97. The van der Waals surface area contributed by atoms with E-state index >= 15 is 0 Å². The summed E-state index contributed by atoms with van der Waals surface area (Å²) in [5.41, 5.74) is 0.684. The van der Waals surface area contributed by atoms with E-state index in [2.05, 4.69) is 4.72 Å². The quantitative estimate of drug-likeness (QED) is 0.784. The number of carbonyl (C=O) groups is 1. The number of halogens is 1. The third-order valence-corrected chi connectivity index (χ3v) is 6.42. The van der Waals surface area contributed by atoms with Gasteiger partial charge in [-0.05, 0) is 55.3 Å². The summed E-state index contributed by atoms with van der Waals surface area (Å²) in [4.78, 5) is 14.7. The number of sulfonamides is 1. The number of nitrogens with zero attached hydrogens (tertiary/aromatic N) is 1. The van der Waals surface area contributed by atoms with Crippen molar-refractivity contribution in [3.63, 3.8) is 0 Å². The fraction of sp³-hybridized carbons (Fsp3) is 0.350. The van der Waals surface area contributed by atoms with Gasteiger partial charge in [-0.15, -0.1) is 0 Å². The first-order valence-corrected chi connectivity index (χ1v) is 11.0. The number of ether oxygens (including phenoxy) is 1. The van der Waals surface area contributed by atoms with E-state index in [0.29, 0.717) is 17.0 Å². The number of anilines is 1. The highest BCUT2D eigenvalue weighted by atomic mass is 35.5. The molecule has 8 heteroatoms. The molecule has 1 N–H and O–H groups in total. The molecule has 150 valence electrons. The number of nitrogens with one attached hydrogen (secondary N) is 1. The van der Waals surface area contributed by atoms with Gasteiger partial charge in [0, 0.05) is 13.1 Å². The van der Waals surface area contributed by atoms with Gasteiger partial charge in [-0.3, -0.25) is 9.52 Å². The van der Waals surface area contributed by atoms with E-state index in [1.54, 1.807) is 24.3 Å². The summed E-state index contributed by atoms with van der Waals surface area (Å²) in [6, 6.07) is 10.7. The van der Waals surface area contributed by atoms with Crippen LogP contribution in [0.3, 0.4) is 0 Å². The molecule has 0 aliphatic carbocycles. The lowest BCUT2D eigenvalue weighted by Gasteiger charge is -2.21. The van der Waals surface area contributed by atoms with Gasteiger partial charge in [0.15, 0.2) is 0 Å². The molecular weight excluding hydrogens is 400 g/mol. The summed E-state index contributed by atoms with van der Waals surface area (Å²) in [6.45, 7) is 1.45. The number of methoxy groups -OCH3 is 1. The van der Waals surface area contributed by atoms with Crippen LogP contribution in [0.4, 0.5) is 5.69 Å². The zero-order chi connectivity index (χ0) is 20.1. The van der Waals surface area contributed by atoms with Crippen LogP contribution in [-0.2, 0) is 10.0 Å². The third kappa shape index (κ3) is 4.77. The van der Waals surface area contributed by atoms with Gasteiger partial charge in [0.25, 0.3) is 15.9 Å². The Hall–Kier alpha value is -2.25. The lowest BCUT2D eigenvalue weighted by atomic mass is 10.1. The molecule has 1 aliphatic heterocycles. The Balaban J connectivity index is 1.76. The van der Waals surface area contributed by atoms with Crippen molar-refractivity contribution in [3.8, 4) is 5.75 Å². The van der Waals surface area contributed by atoms with Gasteiger partial charge in [0.1, 0.15) is 5.75 Å². The molecule has 3 rings (SSSR count). The summed E-state index contributed by atoms with van der Waals surface area (Å²) in [5, 5.41) is 0.226. The lowest BCUT2D eigenvalue weighted by molar-refractivity contribution is 0.0762. The molecule has 2 aromatic rings. The second-order valence-corrected chi connectivity index (χ2v) is 8.77. The number of amides is 1. The number of likely N-dealkylation sites (tertiary alicyclic amines) is 1. The molecule has 0 unspecified atom stereocenters. The maximum absolute atomic E-state index is 12.7. The number of hydrogen-bond acceptors (Lipinski definition) is 4. The second kappa shape index (κ2) is 8.84. The number of carbonyl (C=O) groups excluding carboxylic acids is 1. The minimum absolute atomic E-state index is 0.106. The maximum Gasteiger partial charge on any atom is 0.261 e. The van der Waals surface area contributed by atoms with Crippen LogP contribution in [0.15, 0.2) is 47.4 Å². The van der Waals surface area contributed by atoms with Crippen LogP contribution in [0.25, 0.3) is 0 Å². The van der Waals surface area contributed by atoms with Crippen molar-refractivity contribution in [2.24, 2.45) is 0 Å². The molecule has 1 heterocycles. The maximum atomic E-state index is 12.7. The van der Waals surface area contributed by atoms with Crippen molar-refractivity contribution in [3.05, 3.63) is 53.1 Å². The monoisotopic (exact) mass is 422 g/mol. The van der Waals surface area contributed by atoms with Crippen molar-refractivity contribution in [2.75, 3.05) is 24.9 Å². The molecule has 28 heavy (non-hydrogen) atoms. The molecule has 0 spiro atoms. The van der Waals surface area contributed by atoms with Gasteiger partial charge >= 0.3 is 0 Å².